The van der Waals surface area contributed by atoms with E-state index >= 15 is 0 Å². The second-order valence-electron chi connectivity index (χ2n) is 25.6. The number of rotatable bonds is 67. The lowest BCUT2D eigenvalue weighted by molar-refractivity contribution is -0.870. The smallest absolute Gasteiger partial charge is 0.306 e. The molecule has 484 valence electrons. The second kappa shape index (κ2) is 63.7. The van der Waals surface area contributed by atoms with Gasteiger partial charge in [-0.15, -0.1) is 0 Å². The predicted octanol–water partition coefficient (Wildman–Crippen LogP) is 22.4. The van der Waals surface area contributed by atoms with Crippen molar-refractivity contribution >= 4 is 19.8 Å². The number of hydrogen-bond acceptors (Lipinski definition) is 8. The summed E-state index contributed by atoms with van der Waals surface area (Å²) in [7, 11) is 1.19. The summed E-state index contributed by atoms with van der Waals surface area (Å²) >= 11 is 0. The summed E-state index contributed by atoms with van der Waals surface area (Å²) in [5.41, 5.74) is 0. The van der Waals surface area contributed by atoms with Crippen LogP contribution in [0.1, 0.15) is 361 Å². The van der Waals surface area contributed by atoms with Crippen molar-refractivity contribution in [3.05, 3.63) is 36.5 Å². The van der Waals surface area contributed by atoms with Gasteiger partial charge in [-0.25, -0.2) is 0 Å². The van der Waals surface area contributed by atoms with Gasteiger partial charge in [0, 0.05) is 12.8 Å². The lowest BCUT2D eigenvalue weighted by atomic mass is 10.0. The van der Waals surface area contributed by atoms with Crippen LogP contribution in [0.3, 0.4) is 0 Å². The molecule has 2 unspecified atom stereocenters. The molecule has 82 heavy (non-hydrogen) atoms. The summed E-state index contributed by atoms with van der Waals surface area (Å²) in [6.45, 7) is 4.30. The van der Waals surface area contributed by atoms with Gasteiger partial charge < -0.3 is 27.9 Å². The minimum atomic E-state index is -4.64. The van der Waals surface area contributed by atoms with E-state index in [0.29, 0.717) is 17.4 Å². The lowest BCUT2D eigenvalue weighted by Gasteiger charge is -2.28. The minimum Gasteiger partial charge on any atom is -0.756 e. The fourth-order valence-electron chi connectivity index (χ4n) is 10.7. The molecule has 10 heteroatoms. The van der Waals surface area contributed by atoms with E-state index in [1.54, 1.807) is 0 Å². The summed E-state index contributed by atoms with van der Waals surface area (Å²) in [5, 5.41) is 0. The zero-order valence-electron chi connectivity index (χ0n) is 55.2. The number of likely N-dealkylation sites (N-methyl/N-ethyl adjacent to an activating group) is 1. The van der Waals surface area contributed by atoms with Crippen molar-refractivity contribution in [1.29, 1.82) is 0 Å². The van der Waals surface area contributed by atoms with E-state index in [1.165, 1.54) is 283 Å². The number of carbonyl (C=O) groups excluding carboxylic acids is 2. The molecule has 0 N–H and O–H groups in total. The molecule has 0 aliphatic rings. The third kappa shape index (κ3) is 67.4. The Morgan fingerprint density at radius 2 is 0.659 bits per heavy atom. The van der Waals surface area contributed by atoms with Gasteiger partial charge in [0.25, 0.3) is 7.82 Å². The Morgan fingerprint density at radius 1 is 0.378 bits per heavy atom. The first kappa shape index (κ1) is 80.2. The van der Waals surface area contributed by atoms with Crippen LogP contribution in [0.15, 0.2) is 36.5 Å². The van der Waals surface area contributed by atoms with Gasteiger partial charge in [-0.3, -0.25) is 14.2 Å². The minimum absolute atomic E-state index is 0.0276. The highest BCUT2D eigenvalue weighted by molar-refractivity contribution is 7.45. The van der Waals surface area contributed by atoms with Crippen molar-refractivity contribution < 1.29 is 42.1 Å². The maximum atomic E-state index is 12.9. The summed E-state index contributed by atoms with van der Waals surface area (Å²) in [5.74, 6) is -0.810. The number of phosphoric acid groups is 1. The van der Waals surface area contributed by atoms with Crippen LogP contribution in [-0.2, 0) is 32.7 Å². The molecule has 0 radical (unpaired) electrons. The van der Waals surface area contributed by atoms with Crippen molar-refractivity contribution in [2.75, 3.05) is 47.5 Å². The highest BCUT2D eigenvalue weighted by atomic mass is 31.2. The van der Waals surface area contributed by atoms with Crippen molar-refractivity contribution in [3.63, 3.8) is 0 Å². The van der Waals surface area contributed by atoms with Crippen LogP contribution in [-0.4, -0.2) is 70.0 Å². The average Bonchev–Trinajstić information content (AvgIpc) is 3.46. The van der Waals surface area contributed by atoms with Crippen molar-refractivity contribution in [1.82, 2.24) is 0 Å². The Bertz CT molecular complexity index is 1480. The second-order valence-corrected chi connectivity index (χ2v) is 27.0. The molecule has 0 saturated carbocycles. The van der Waals surface area contributed by atoms with Crippen LogP contribution in [0.5, 0.6) is 0 Å². The molecule has 0 spiro atoms. The van der Waals surface area contributed by atoms with Gasteiger partial charge >= 0.3 is 11.9 Å². The van der Waals surface area contributed by atoms with Gasteiger partial charge in [-0.1, -0.05) is 333 Å². The molecule has 2 atom stereocenters. The van der Waals surface area contributed by atoms with Gasteiger partial charge in [0.05, 0.1) is 27.7 Å². The maximum absolute atomic E-state index is 12.9. The predicted molar refractivity (Wildman–Crippen MR) is 351 cm³/mol. The third-order valence-electron chi connectivity index (χ3n) is 16.2. The number of ether oxygens (including phenoxy) is 2. The number of unbranched alkanes of at least 4 members (excludes halogenated alkanes) is 47. The Hall–Kier alpha value is -1.77. The molecule has 0 aromatic carbocycles. The molecular formula is C72H138NO8P. The Labute approximate surface area is 510 Å². The standard InChI is InChI=1S/C72H138NO8P/c1-6-8-10-12-14-16-18-20-22-24-26-28-30-32-33-34-35-36-37-38-39-41-43-45-47-49-51-53-55-57-59-61-63-65-72(75)81-70(69-80-82(76,77)79-67-66-73(3,4)5)68-78-71(74)64-62-60-58-56-54-52-50-48-46-44-42-40-31-29-27-25-23-21-19-17-15-13-11-9-7-2/h18,20,24,26,30,32,70H,6-17,19,21-23,25,27-29,31,33-69H2,1-5H3/b20-18-,26-24-,32-30-. The van der Waals surface area contributed by atoms with Gasteiger partial charge in [-0.2, -0.15) is 0 Å². The zero-order valence-corrected chi connectivity index (χ0v) is 56.1. The molecule has 0 rings (SSSR count). The summed E-state index contributed by atoms with van der Waals surface area (Å²) < 4.78 is 34.3. The van der Waals surface area contributed by atoms with Crippen LogP contribution < -0.4 is 4.89 Å². The van der Waals surface area contributed by atoms with E-state index in [1.807, 2.05) is 21.1 Å². The molecule has 0 fully saturated rings. The van der Waals surface area contributed by atoms with Gasteiger partial charge in [0.15, 0.2) is 6.10 Å². The van der Waals surface area contributed by atoms with Gasteiger partial charge in [-0.05, 0) is 51.4 Å². The molecule has 0 bridgehead atoms. The Morgan fingerprint density at radius 3 is 0.976 bits per heavy atom. The van der Waals surface area contributed by atoms with E-state index in [-0.39, 0.29) is 32.0 Å². The van der Waals surface area contributed by atoms with E-state index in [2.05, 4.69) is 50.3 Å². The largest absolute Gasteiger partial charge is 0.756 e. The van der Waals surface area contributed by atoms with E-state index in [0.717, 1.165) is 44.9 Å². The SMILES string of the molecule is CCCCCCC/C=C\C/C=C\C/C=C\CCCCCCCCCCCCCCCCCCCCC(=O)OC(COC(=O)CCCCCCCCCCCCCCCCCCCCCCCCCCC)COP(=O)([O-])OCC[N+](C)(C)C. The van der Waals surface area contributed by atoms with E-state index < -0.39 is 26.5 Å². The van der Waals surface area contributed by atoms with Gasteiger partial charge in [0.1, 0.15) is 19.8 Å². The highest BCUT2D eigenvalue weighted by Gasteiger charge is 2.22. The molecule has 0 aliphatic heterocycles. The number of allylic oxidation sites excluding steroid dienone is 6. The van der Waals surface area contributed by atoms with Crippen LogP contribution in [0, 0.1) is 0 Å². The van der Waals surface area contributed by atoms with Crippen LogP contribution in [0.4, 0.5) is 0 Å². The summed E-state index contributed by atoms with van der Waals surface area (Å²) in [4.78, 5) is 38.1. The first-order valence-electron chi connectivity index (χ1n) is 35.7. The van der Waals surface area contributed by atoms with Crippen LogP contribution >= 0.6 is 7.82 Å². The molecule has 0 aromatic rings. The highest BCUT2D eigenvalue weighted by Crippen LogP contribution is 2.38. The van der Waals surface area contributed by atoms with E-state index in [4.69, 9.17) is 18.5 Å². The number of quaternary nitrogens is 1. The van der Waals surface area contributed by atoms with E-state index in [9.17, 15) is 19.0 Å². The average molecular weight is 1180 g/mol. The number of hydrogen-bond donors (Lipinski definition) is 0. The fraction of sp³-hybridized carbons (Fsp3) is 0.889. The quantitative estimate of drug-likeness (QED) is 0.0195. The molecular weight excluding hydrogens is 1040 g/mol. The number of phosphoric ester groups is 1. The maximum Gasteiger partial charge on any atom is 0.306 e. The molecule has 0 aromatic heterocycles. The number of nitrogens with zero attached hydrogens (tertiary/aromatic N) is 1. The summed E-state index contributed by atoms with van der Waals surface area (Å²) in [6.07, 6.45) is 80.9. The molecule has 0 aliphatic carbocycles. The monoisotopic (exact) mass is 1180 g/mol. The molecule has 0 heterocycles. The third-order valence-corrected chi connectivity index (χ3v) is 17.1. The zero-order chi connectivity index (χ0) is 59.8. The van der Waals surface area contributed by atoms with Gasteiger partial charge in [0.2, 0.25) is 0 Å². The Balaban J connectivity index is 3.99. The first-order valence-corrected chi connectivity index (χ1v) is 37.2. The van der Waals surface area contributed by atoms with Crippen molar-refractivity contribution in [2.45, 2.75) is 367 Å². The fourth-order valence-corrected chi connectivity index (χ4v) is 11.4. The van der Waals surface area contributed by atoms with Crippen LogP contribution in [0.25, 0.3) is 0 Å². The first-order chi connectivity index (χ1) is 40.0. The molecule has 0 amide bonds. The Kier molecular flexibility index (Phi) is 62.3. The summed E-state index contributed by atoms with van der Waals surface area (Å²) in [6, 6.07) is 0. The van der Waals surface area contributed by atoms with Crippen LogP contribution in [0.2, 0.25) is 0 Å². The molecule has 9 nitrogen and oxygen atoms in total. The van der Waals surface area contributed by atoms with Crippen molar-refractivity contribution in [3.8, 4) is 0 Å². The topological polar surface area (TPSA) is 111 Å². The number of carbonyl (C=O) groups is 2. The molecule has 0 saturated heterocycles. The number of esters is 2. The normalized spacial score (nSPS) is 13.3. The van der Waals surface area contributed by atoms with Crippen molar-refractivity contribution in [2.24, 2.45) is 0 Å². The lowest BCUT2D eigenvalue weighted by Crippen LogP contribution is -2.37.